The van der Waals surface area contributed by atoms with Crippen LogP contribution in [0.3, 0.4) is 0 Å². The number of nitrogens with two attached hydrogens (primary N) is 1. The number of rotatable bonds is 13. The van der Waals surface area contributed by atoms with Gasteiger partial charge in [-0.1, -0.05) is 122 Å². The van der Waals surface area contributed by atoms with Crippen molar-refractivity contribution in [1.29, 1.82) is 0 Å². The van der Waals surface area contributed by atoms with Gasteiger partial charge in [-0.15, -0.1) is 0 Å². The SMILES string of the molecule is CC(=O)Nc1ccc(O)cc1.CC(CN1c2ccccc2Sc2ccccc21)N(C)C.COc1cccc([C@@]2(O)CCCC[C@@H]2CN(C)C)c1.NC(=O)C[S+]([O-])C(c1ccccc1)c1ccccc1. The number of aliphatic hydroxyl groups is 1. The van der Waals surface area contributed by atoms with Crippen molar-refractivity contribution in [3.63, 3.8) is 0 Å². The van der Waals surface area contributed by atoms with E-state index in [0.717, 1.165) is 54.8 Å². The fourth-order valence-electron chi connectivity index (χ4n) is 8.31. The van der Waals surface area contributed by atoms with E-state index >= 15 is 0 Å². The second-order valence-electron chi connectivity index (χ2n) is 17.7. The van der Waals surface area contributed by atoms with E-state index in [9.17, 15) is 19.2 Å². The zero-order chi connectivity index (χ0) is 49.9. The number of fused-ring (bicyclic) bond motifs is 2. The molecule has 69 heavy (non-hydrogen) atoms. The number of anilines is 3. The van der Waals surface area contributed by atoms with Gasteiger partial charge in [0.25, 0.3) is 5.91 Å². The number of amides is 2. The first-order valence-electron chi connectivity index (χ1n) is 23.2. The largest absolute Gasteiger partial charge is 0.615 e. The van der Waals surface area contributed by atoms with E-state index in [1.54, 1.807) is 19.2 Å². The summed E-state index contributed by atoms with van der Waals surface area (Å²) in [6.07, 6.45) is 4.24. The number of aromatic hydroxyl groups is 1. The zero-order valence-electron chi connectivity index (χ0n) is 41.0. The van der Waals surface area contributed by atoms with E-state index in [0.29, 0.717) is 17.6 Å². The number of hydrogen-bond acceptors (Lipinski definition) is 10. The topological polar surface area (TPSA) is 155 Å². The molecule has 6 aromatic carbocycles. The van der Waals surface area contributed by atoms with Gasteiger partial charge in [-0.3, -0.25) is 9.59 Å². The number of benzene rings is 6. The van der Waals surface area contributed by atoms with Gasteiger partial charge in [-0.05, 0) is 125 Å². The monoisotopic (exact) mass is 971 g/mol. The summed E-state index contributed by atoms with van der Waals surface area (Å²) < 4.78 is 17.7. The van der Waals surface area contributed by atoms with Gasteiger partial charge in [0.2, 0.25) is 5.91 Å². The fourth-order valence-corrected chi connectivity index (χ4v) is 10.8. The van der Waals surface area contributed by atoms with E-state index in [2.05, 4.69) is 104 Å². The summed E-state index contributed by atoms with van der Waals surface area (Å²) in [4.78, 5) is 31.1. The molecule has 2 unspecified atom stereocenters. The van der Waals surface area contributed by atoms with Gasteiger partial charge in [0.05, 0.1) is 24.1 Å². The Hall–Kier alpha value is -5.80. The maximum atomic E-state index is 12.4. The molecular formula is C56H69N5O6S2. The number of carbonyl (C=O) groups excluding carboxylic acids is 2. The van der Waals surface area contributed by atoms with Crippen molar-refractivity contribution < 1.29 is 29.1 Å². The number of ether oxygens (including phenoxy) is 1. The Balaban J connectivity index is 0.000000175. The Kier molecular flexibility index (Phi) is 21.0. The summed E-state index contributed by atoms with van der Waals surface area (Å²) in [6.45, 7) is 5.63. The van der Waals surface area contributed by atoms with Gasteiger partial charge in [-0.25, -0.2) is 0 Å². The number of para-hydroxylation sites is 2. The lowest BCUT2D eigenvalue weighted by molar-refractivity contribution is -0.116. The van der Waals surface area contributed by atoms with Crippen molar-refractivity contribution in [3.8, 4) is 11.5 Å². The summed E-state index contributed by atoms with van der Waals surface area (Å²) in [5.41, 5.74) is 10.6. The van der Waals surface area contributed by atoms with Crippen LogP contribution in [0.4, 0.5) is 17.1 Å². The molecular weight excluding hydrogens is 903 g/mol. The number of hydrogen-bond donors (Lipinski definition) is 4. The molecule has 8 rings (SSSR count). The molecule has 5 N–H and O–H groups in total. The molecule has 2 aliphatic rings. The first-order chi connectivity index (χ1) is 33.1. The highest BCUT2D eigenvalue weighted by Crippen LogP contribution is 2.48. The lowest BCUT2D eigenvalue weighted by Gasteiger charge is -2.41. The lowest BCUT2D eigenvalue weighted by atomic mass is 9.71. The number of nitrogens with one attached hydrogen (secondary N) is 1. The minimum Gasteiger partial charge on any atom is -0.615 e. The molecule has 1 heterocycles. The summed E-state index contributed by atoms with van der Waals surface area (Å²) in [5.74, 6) is 0.516. The fraction of sp³-hybridized carbons (Fsp3) is 0.321. The van der Waals surface area contributed by atoms with Crippen LogP contribution in [0.25, 0.3) is 0 Å². The highest BCUT2D eigenvalue weighted by molar-refractivity contribution is 7.99. The van der Waals surface area contributed by atoms with Crippen LogP contribution >= 0.6 is 11.8 Å². The van der Waals surface area contributed by atoms with Crippen molar-refractivity contribution >= 4 is 51.8 Å². The maximum Gasteiger partial charge on any atom is 0.267 e. The van der Waals surface area contributed by atoms with E-state index in [1.165, 1.54) is 46.6 Å². The van der Waals surface area contributed by atoms with Crippen LogP contribution in [0.2, 0.25) is 0 Å². The van der Waals surface area contributed by atoms with Crippen LogP contribution in [0, 0.1) is 5.92 Å². The number of primary amides is 1. The molecule has 0 saturated heterocycles. The third kappa shape index (κ3) is 16.1. The van der Waals surface area contributed by atoms with Crippen molar-refractivity contribution in [2.24, 2.45) is 11.7 Å². The standard InChI is InChI=1S/C17H20N2S.C16H25NO2.C15H15NO2S.C8H9NO2/c1-13(18(2)3)12-19-14-8-4-6-10-16(14)20-17-11-7-5-9-15(17)19;1-17(2)12-14-7-4-5-10-16(14,18)13-8-6-9-15(11-13)19-3;16-14(17)11-19(18)15(12-7-3-1-4-8-12)13-9-5-2-6-10-13;1-6(10)9-7-2-4-8(11)5-3-7/h4-11,13H,12H2,1-3H3;6,8-9,11,14,18H,4-5,7,10,12H2,1-3H3;1-10,15H,11H2,(H2,16,17);2-5,11H,1H3,(H,9,10)/t;14-,16+;;/m.1../s1. The second-order valence-corrected chi connectivity index (χ2v) is 20.3. The summed E-state index contributed by atoms with van der Waals surface area (Å²) in [6, 6.07) is 51.1. The van der Waals surface area contributed by atoms with E-state index in [1.807, 2.05) is 96.7 Å². The van der Waals surface area contributed by atoms with Crippen LogP contribution in [0.15, 0.2) is 168 Å². The molecule has 1 aliphatic heterocycles. The summed E-state index contributed by atoms with van der Waals surface area (Å²) >= 11 is 0.502. The van der Waals surface area contributed by atoms with E-state index < -0.39 is 22.7 Å². The van der Waals surface area contributed by atoms with E-state index in [-0.39, 0.29) is 22.7 Å². The van der Waals surface area contributed by atoms with Gasteiger partial charge in [0.1, 0.15) is 11.5 Å². The van der Waals surface area contributed by atoms with Gasteiger partial charge >= 0.3 is 0 Å². The summed E-state index contributed by atoms with van der Waals surface area (Å²) in [7, 11) is 10.1. The highest BCUT2D eigenvalue weighted by atomic mass is 32.2. The van der Waals surface area contributed by atoms with Crippen LogP contribution in [-0.4, -0.2) is 96.6 Å². The molecule has 0 aromatic heterocycles. The molecule has 2 amide bonds. The second kappa shape index (κ2) is 26.8. The Labute approximate surface area is 416 Å². The third-order valence-corrected chi connectivity index (χ3v) is 14.8. The van der Waals surface area contributed by atoms with Gasteiger partial charge in [0.15, 0.2) is 11.0 Å². The predicted molar refractivity (Wildman–Crippen MR) is 284 cm³/mol. The van der Waals surface area contributed by atoms with Crippen molar-refractivity contribution in [1.82, 2.24) is 9.80 Å². The predicted octanol–water partition coefficient (Wildman–Crippen LogP) is 10.2. The van der Waals surface area contributed by atoms with E-state index in [4.69, 9.17) is 15.6 Å². The number of likely N-dealkylation sites (N-methyl/N-ethyl adjacent to an activating group) is 1. The van der Waals surface area contributed by atoms with Crippen molar-refractivity contribution in [3.05, 3.63) is 174 Å². The molecule has 0 radical (unpaired) electrons. The normalized spacial score (nSPS) is 16.8. The first kappa shape index (κ1) is 54.1. The van der Waals surface area contributed by atoms with Crippen LogP contribution in [0.1, 0.15) is 61.5 Å². The Morgan fingerprint density at radius 2 is 1.38 bits per heavy atom. The van der Waals surface area contributed by atoms with Gasteiger partial charge in [-0.2, -0.15) is 0 Å². The van der Waals surface area contributed by atoms with Crippen molar-refractivity contribution in [2.75, 3.05) is 64.4 Å². The van der Waals surface area contributed by atoms with Gasteiger partial charge in [0, 0.05) is 58.6 Å². The number of carbonyl (C=O) groups is 2. The molecule has 366 valence electrons. The van der Waals surface area contributed by atoms with Crippen molar-refractivity contribution in [2.45, 2.75) is 66.2 Å². The molecule has 0 bridgehead atoms. The molecule has 1 saturated carbocycles. The minimum absolute atomic E-state index is 0.115. The smallest absolute Gasteiger partial charge is 0.267 e. The number of phenols is 1. The molecule has 0 spiro atoms. The van der Waals surface area contributed by atoms with Crippen LogP contribution in [-0.2, 0) is 26.4 Å². The first-order valence-corrected chi connectivity index (χ1v) is 25.4. The molecule has 13 heteroatoms. The molecule has 1 aliphatic carbocycles. The minimum atomic E-state index is -1.36. The Morgan fingerprint density at radius 3 is 1.88 bits per heavy atom. The van der Waals surface area contributed by atoms with Gasteiger partial charge < -0.3 is 45.3 Å². The molecule has 1 fully saturated rings. The highest BCUT2D eigenvalue weighted by Gasteiger charge is 2.40. The quantitative estimate of drug-likeness (QED) is 0.0650. The lowest BCUT2D eigenvalue weighted by Crippen LogP contribution is -2.43. The number of methoxy groups -OCH3 is 1. The molecule has 11 nitrogen and oxygen atoms in total. The number of nitrogens with zero attached hydrogens (tertiary/aromatic N) is 3. The van der Waals surface area contributed by atoms with Crippen LogP contribution < -0.4 is 20.7 Å². The third-order valence-electron chi connectivity index (χ3n) is 12.0. The molecule has 6 aromatic rings. The zero-order valence-corrected chi connectivity index (χ0v) is 42.6. The maximum absolute atomic E-state index is 12.4. The molecule has 4 atom stereocenters. The average molecular weight is 972 g/mol. The average Bonchev–Trinajstić information content (AvgIpc) is 3.34. The summed E-state index contributed by atoms with van der Waals surface area (Å²) in [5, 5.41) is 22.3. The van der Waals surface area contributed by atoms with Crippen LogP contribution in [0.5, 0.6) is 11.5 Å². The Bertz CT molecular complexity index is 2410. The Morgan fingerprint density at radius 1 is 0.826 bits per heavy atom. The number of phenolic OH excluding ortho intramolecular Hbond substituents is 1.